The minimum Gasteiger partial charge on any atom is -0.387 e. The van der Waals surface area contributed by atoms with Gasteiger partial charge in [0.25, 0.3) is 0 Å². The molecule has 1 aromatic carbocycles. The highest BCUT2D eigenvalue weighted by Crippen LogP contribution is 2.26. The van der Waals surface area contributed by atoms with Gasteiger partial charge in [-0.2, -0.15) is 11.8 Å². The van der Waals surface area contributed by atoms with Crippen LogP contribution in [0.25, 0.3) is 10.9 Å². The van der Waals surface area contributed by atoms with Crippen LogP contribution in [0.3, 0.4) is 0 Å². The minimum atomic E-state index is -0.708. The summed E-state index contributed by atoms with van der Waals surface area (Å²) in [6, 6.07) is 10.2. The molecule has 0 bridgehead atoms. The number of amides is 1. The van der Waals surface area contributed by atoms with Gasteiger partial charge in [-0.05, 0) is 29.7 Å². The molecule has 1 aromatic heterocycles. The molecule has 5 heteroatoms. The van der Waals surface area contributed by atoms with Crippen molar-refractivity contribution in [3.63, 3.8) is 0 Å². The maximum Gasteiger partial charge on any atom is 0.221 e. The molecule has 2 N–H and O–H groups in total. The van der Waals surface area contributed by atoms with Gasteiger partial charge in [0.1, 0.15) is 0 Å². The van der Waals surface area contributed by atoms with Gasteiger partial charge in [-0.15, -0.1) is 0 Å². The molecule has 0 unspecified atom stereocenters. The molecule has 1 atom stereocenters. The molecule has 1 amide bonds. The molecule has 0 radical (unpaired) electrons. The van der Waals surface area contributed by atoms with Gasteiger partial charge in [0.2, 0.25) is 5.91 Å². The second-order valence-corrected chi connectivity index (χ2v) is 6.73. The lowest BCUT2D eigenvalue weighted by Gasteiger charge is -2.21. The van der Waals surface area contributed by atoms with Crippen LogP contribution in [0.5, 0.6) is 0 Å². The minimum absolute atomic E-state index is 0.00175. The van der Waals surface area contributed by atoms with Crippen molar-refractivity contribution in [2.75, 3.05) is 18.1 Å². The summed E-state index contributed by atoms with van der Waals surface area (Å²) in [6.45, 7) is 1.03. The van der Waals surface area contributed by atoms with E-state index in [1.165, 1.54) is 5.39 Å². The maximum atomic E-state index is 11.9. The molecule has 21 heavy (non-hydrogen) atoms. The molecule has 0 spiro atoms. The largest absolute Gasteiger partial charge is 0.387 e. The molecule has 1 saturated heterocycles. The predicted octanol–water partition coefficient (Wildman–Crippen LogP) is 2.02. The van der Waals surface area contributed by atoms with E-state index < -0.39 is 5.60 Å². The molecule has 2 aromatic rings. The van der Waals surface area contributed by atoms with E-state index in [0.29, 0.717) is 19.5 Å². The highest BCUT2D eigenvalue weighted by molar-refractivity contribution is 7.99. The fraction of sp³-hybridized carbons (Fsp3) is 0.438. The predicted molar refractivity (Wildman–Crippen MR) is 86.5 cm³/mol. The Balaban J connectivity index is 1.51. The fourth-order valence-corrected chi connectivity index (χ4v) is 3.94. The summed E-state index contributed by atoms with van der Waals surface area (Å²) in [5.41, 5.74) is 0.441. The molecule has 112 valence electrons. The Bertz CT molecular complexity index is 632. The number of hydrogen-bond acceptors (Lipinski definition) is 3. The van der Waals surface area contributed by atoms with E-state index in [0.717, 1.165) is 23.4 Å². The van der Waals surface area contributed by atoms with Gasteiger partial charge in [0.05, 0.1) is 5.60 Å². The number of aryl methyl sites for hydroxylation is 1. The van der Waals surface area contributed by atoms with E-state index in [2.05, 4.69) is 28.1 Å². The Hall–Kier alpha value is -1.46. The van der Waals surface area contributed by atoms with E-state index in [1.54, 1.807) is 11.8 Å². The molecule has 4 nitrogen and oxygen atoms in total. The molecule has 1 aliphatic heterocycles. The van der Waals surface area contributed by atoms with Crippen molar-refractivity contribution in [3.8, 4) is 0 Å². The van der Waals surface area contributed by atoms with Crippen LogP contribution in [-0.2, 0) is 11.3 Å². The van der Waals surface area contributed by atoms with Gasteiger partial charge >= 0.3 is 0 Å². The van der Waals surface area contributed by atoms with Crippen molar-refractivity contribution in [2.45, 2.75) is 25.0 Å². The van der Waals surface area contributed by atoms with Crippen molar-refractivity contribution in [1.82, 2.24) is 9.88 Å². The zero-order valence-electron chi connectivity index (χ0n) is 11.9. The average molecular weight is 304 g/mol. The lowest BCUT2D eigenvalue weighted by Crippen LogP contribution is -2.43. The van der Waals surface area contributed by atoms with Crippen molar-refractivity contribution in [2.24, 2.45) is 0 Å². The number of thioether (sulfide) groups is 1. The topological polar surface area (TPSA) is 54.3 Å². The molecule has 3 rings (SSSR count). The lowest BCUT2D eigenvalue weighted by atomic mass is 10.0. The molecular weight excluding hydrogens is 284 g/mol. The third kappa shape index (κ3) is 3.41. The first-order valence-electron chi connectivity index (χ1n) is 7.27. The Kier molecular flexibility index (Phi) is 4.22. The summed E-state index contributed by atoms with van der Waals surface area (Å²) in [7, 11) is 0. The van der Waals surface area contributed by atoms with Crippen LogP contribution in [0.4, 0.5) is 0 Å². The number of nitrogens with zero attached hydrogens (tertiary/aromatic N) is 1. The van der Waals surface area contributed by atoms with E-state index in [4.69, 9.17) is 0 Å². The third-order valence-corrected chi connectivity index (χ3v) is 5.19. The van der Waals surface area contributed by atoms with Crippen LogP contribution in [-0.4, -0.2) is 39.2 Å². The number of hydrogen-bond donors (Lipinski definition) is 2. The first kappa shape index (κ1) is 14.5. The second kappa shape index (κ2) is 6.12. The van der Waals surface area contributed by atoms with Gasteiger partial charge in [-0.1, -0.05) is 18.2 Å². The van der Waals surface area contributed by atoms with Gasteiger partial charge in [-0.3, -0.25) is 4.79 Å². The van der Waals surface area contributed by atoms with Crippen molar-refractivity contribution in [1.29, 1.82) is 0 Å². The van der Waals surface area contributed by atoms with Crippen LogP contribution in [0.15, 0.2) is 36.5 Å². The molecule has 0 aliphatic carbocycles. The second-order valence-electron chi connectivity index (χ2n) is 5.62. The number of nitrogens with one attached hydrogen (secondary N) is 1. The number of benzene rings is 1. The van der Waals surface area contributed by atoms with Crippen molar-refractivity contribution >= 4 is 28.6 Å². The van der Waals surface area contributed by atoms with Crippen LogP contribution in [0.1, 0.15) is 12.8 Å². The van der Waals surface area contributed by atoms with Crippen LogP contribution in [0.2, 0.25) is 0 Å². The normalized spacial score (nSPS) is 21.8. The van der Waals surface area contributed by atoms with E-state index in [-0.39, 0.29) is 5.91 Å². The van der Waals surface area contributed by atoms with Gasteiger partial charge in [0, 0.05) is 37.0 Å². The Morgan fingerprint density at radius 1 is 1.38 bits per heavy atom. The number of carbonyl (C=O) groups excluding carboxylic acids is 1. The SMILES string of the molecule is O=C(CCn1ccc2ccccc21)NC[C@]1(O)CCSC1. The average Bonchev–Trinajstić information content (AvgIpc) is 3.10. The standard InChI is InChI=1S/C16H20N2O2S/c19-15(17-11-16(20)7-10-21-12-16)6-9-18-8-5-13-3-1-2-4-14(13)18/h1-5,8,20H,6-7,9-12H2,(H,17,19)/t16-/m1/s1. The highest BCUT2D eigenvalue weighted by Gasteiger charge is 2.31. The fourth-order valence-electron chi connectivity index (χ4n) is 2.64. The molecule has 1 fully saturated rings. The van der Waals surface area contributed by atoms with Crippen molar-refractivity contribution in [3.05, 3.63) is 36.5 Å². The zero-order valence-corrected chi connectivity index (χ0v) is 12.7. The molecule has 0 saturated carbocycles. The molecule has 2 heterocycles. The van der Waals surface area contributed by atoms with E-state index in [9.17, 15) is 9.90 Å². The third-order valence-electron chi connectivity index (χ3n) is 3.96. The molecule has 1 aliphatic rings. The van der Waals surface area contributed by atoms with Gasteiger partial charge < -0.3 is 15.0 Å². The number of carbonyl (C=O) groups is 1. The smallest absolute Gasteiger partial charge is 0.221 e. The van der Waals surface area contributed by atoms with Gasteiger partial charge in [-0.25, -0.2) is 0 Å². The zero-order chi connectivity index (χ0) is 14.7. The number of rotatable bonds is 5. The Morgan fingerprint density at radius 3 is 3.05 bits per heavy atom. The van der Waals surface area contributed by atoms with Crippen molar-refractivity contribution < 1.29 is 9.90 Å². The van der Waals surface area contributed by atoms with Crippen LogP contribution >= 0.6 is 11.8 Å². The first-order valence-corrected chi connectivity index (χ1v) is 8.42. The number of aliphatic hydroxyl groups is 1. The number of aromatic nitrogens is 1. The van der Waals surface area contributed by atoms with E-state index >= 15 is 0 Å². The highest BCUT2D eigenvalue weighted by atomic mass is 32.2. The lowest BCUT2D eigenvalue weighted by molar-refractivity contribution is -0.122. The van der Waals surface area contributed by atoms with Crippen LogP contribution < -0.4 is 5.32 Å². The summed E-state index contributed by atoms with van der Waals surface area (Å²) in [6.07, 6.45) is 3.21. The summed E-state index contributed by atoms with van der Waals surface area (Å²) >= 11 is 1.74. The summed E-state index contributed by atoms with van der Waals surface area (Å²) in [5.74, 6) is 1.69. The van der Waals surface area contributed by atoms with E-state index in [1.807, 2.05) is 18.3 Å². The quantitative estimate of drug-likeness (QED) is 0.888. The number of para-hydroxylation sites is 1. The number of fused-ring (bicyclic) bond motifs is 1. The maximum absolute atomic E-state index is 11.9. The Morgan fingerprint density at radius 2 is 2.24 bits per heavy atom. The first-order chi connectivity index (χ1) is 10.2. The Labute approximate surface area is 128 Å². The summed E-state index contributed by atoms with van der Waals surface area (Å²) in [5, 5.41) is 14.2. The monoisotopic (exact) mass is 304 g/mol. The van der Waals surface area contributed by atoms with Gasteiger partial charge in [0.15, 0.2) is 0 Å². The molecular formula is C16H20N2O2S. The summed E-state index contributed by atoms with van der Waals surface area (Å²) < 4.78 is 2.09. The summed E-state index contributed by atoms with van der Waals surface area (Å²) in [4.78, 5) is 11.9. The van der Waals surface area contributed by atoms with Crippen LogP contribution in [0, 0.1) is 0 Å².